The summed E-state index contributed by atoms with van der Waals surface area (Å²) in [5, 5.41) is 9.08. The minimum atomic E-state index is -5.03. The molecule has 29 heavy (non-hydrogen) atoms. The molecule has 3 rings (SSSR count). The number of rotatable bonds is 4. The maximum Gasteiger partial charge on any atom is 0.416 e. The normalized spacial score (nSPS) is 14.1. The minimum absolute atomic E-state index is 0.00349. The Hall–Kier alpha value is -2.75. The van der Waals surface area contributed by atoms with Gasteiger partial charge in [0.2, 0.25) is 0 Å². The molecule has 10 heteroatoms. The zero-order valence-corrected chi connectivity index (χ0v) is 14.5. The molecule has 0 unspecified atom stereocenters. The molecule has 1 aliphatic heterocycles. The fourth-order valence-corrected chi connectivity index (χ4v) is 2.72. The summed E-state index contributed by atoms with van der Waals surface area (Å²) in [6, 6.07) is 3.37. The third kappa shape index (κ3) is 4.64. The summed E-state index contributed by atoms with van der Waals surface area (Å²) >= 11 is 0. The number of halogens is 7. The number of aliphatic hydroxyl groups excluding tert-OH is 1. The van der Waals surface area contributed by atoms with Crippen LogP contribution < -0.4 is 9.47 Å². The third-order valence-corrected chi connectivity index (χ3v) is 4.17. The zero-order chi connectivity index (χ0) is 21.4. The Morgan fingerprint density at radius 1 is 1.00 bits per heavy atom. The molecular formula is C19H13F7O3. The first-order valence-corrected chi connectivity index (χ1v) is 8.16. The number of alkyl halides is 6. The van der Waals surface area contributed by atoms with Crippen molar-refractivity contribution >= 4 is 6.08 Å². The van der Waals surface area contributed by atoms with Crippen LogP contribution in [0.2, 0.25) is 0 Å². The molecular weight excluding hydrogens is 409 g/mol. The van der Waals surface area contributed by atoms with Gasteiger partial charge in [-0.1, -0.05) is 6.07 Å². The molecule has 0 spiro atoms. The Kier molecular flexibility index (Phi) is 5.48. The third-order valence-electron chi connectivity index (χ3n) is 4.17. The van der Waals surface area contributed by atoms with Gasteiger partial charge in [0.25, 0.3) is 0 Å². The lowest BCUT2D eigenvalue weighted by molar-refractivity contribution is -0.143. The van der Waals surface area contributed by atoms with Crippen molar-refractivity contribution in [3.05, 3.63) is 64.0 Å². The van der Waals surface area contributed by atoms with E-state index >= 15 is 0 Å². The van der Waals surface area contributed by atoms with Crippen LogP contribution in [0.3, 0.4) is 0 Å². The van der Waals surface area contributed by atoms with Crippen molar-refractivity contribution in [2.45, 2.75) is 19.0 Å². The van der Waals surface area contributed by atoms with E-state index < -0.39 is 41.5 Å². The molecule has 1 N–H and O–H groups in total. The van der Waals surface area contributed by atoms with Crippen LogP contribution in [0.15, 0.2) is 35.9 Å². The smallest absolute Gasteiger partial charge is 0.416 e. The zero-order valence-electron chi connectivity index (χ0n) is 14.5. The van der Waals surface area contributed by atoms with Crippen molar-refractivity contribution < 1.29 is 45.3 Å². The van der Waals surface area contributed by atoms with Gasteiger partial charge in [0.15, 0.2) is 0 Å². The molecule has 0 fully saturated rings. The molecule has 0 saturated heterocycles. The molecule has 0 radical (unpaired) electrons. The van der Waals surface area contributed by atoms with Gasteiger partial charge in [0, 0.05) is 17.7 Å². The molecule has 0 saturated carbocycles. The highest BCUT2D eigenvalue weighted by Gasteiger charge is 2.38. The molecule has 0 aromatic heterocycles. The van der Waals surface area contributed by atoms with Crippen molar-refractivity contribution in [2.24, 2.45) is 0 Å². The first-order chi connectivity index (χ1) is 13.5. The van der Waals surface area contributed by atoms with Gasteiger partial charge in [-0.25, -0.2) is 4.39 Å². The monoisotopic (exact) mass is 422 g/mol. The second-order valence-electron chi connectivity index (χ2n) is 6.22. The predicted molar refractivity (Wildman–Crippen MR) is 87.7 cm³/mol. The average molecular weight is 422 g/mol. The number of aliphatic hydroxyl groups is 1. The van der Waals surface area contributed by atoms with E-state index in [0.29, 0.717) is 17.7 Å². The van der Waals surface area contributed by atoms with Crippen LogP contribution >= 0.6 is 0 Å². The first-order valence-electron chi connectivity index (χ1n) is 8.16. The van der Waals surface area contributed by atoms with E-state index in [-0.39, 0.29) is 36.3 Å². The SMILES string of the molecule is OCC1=Cc2c(F)cc(OCc3ccc(C(F)(F)F)cc3C(F)(F)F)cc2OC1. The quantitative estimate of drug-likeness (QED) is 0.688. The lowest BCUT2D eigenvalue weighted by Gasteiger charge is -2.19. The molecule has 0 bridgehead atoms. The average Bonchev–Trinajstić information content (AvgIpc) is 2.64. The van der Waals surface area contributed by atoms with Crippen molar-refractivity contribution in [3.8, 4) is 11.5 Å². The molecule has 0 amide bonds. The van der Waals surface area contributed by atoms with Crippen molar-refractivity contribution in [1.82, 2.24) is 0 Å². The summed E-state index contributed by atoms with van der Waals surface area (Å²) in [5.74, 6) is -0.873. The minimum Gasteiger partial charge on any atom is -0.489 e. The predicted octanol–water partition coefficient (Wildman–Crippen LogP) is 5.21. The maximum atomic E-state index is 14.2. The van der Waals surface area contributed by atoms with E-state index in [2.05, 4.69) is 0 Å². The van der Waals surface area contributed by atoms with Gasteiger partial charge >= 0.3 is 12.4 Å². The van der Waals surface area contributed by atoms with Crippen LogP contribution in [0, 0.1) is 5.82 Å². The van der Waals surface area contributed by atoms with Crippen LogP contribution in [0.4, 0.5) is 30.7 Å². The Labute approximate surface area is 160 Å². The largest absolute Gasteiger partial charge is 0.489 e. The van der Waals surface area contributed by atoms with Crippen LogP contribution in [-0.2, 0) is 19.0 Å². The fourth-order valence-electron chi connectivity index (χ4n) is 2.72. The van der Waals surface area contributed by atoms with E-state index in [0.717, 1.165) is 6.07 Å². The molecule has 1 heterocycles. The van der Waals surface area contributed by atoms with E-state index in [1.807, 2.05) is 0 Å². The molecule has 0 aliphatic carbocycles. The number of ether oxygens (including phenoxy) is 2. The highest BCUT2D eigenvalue weighted by molar-refractivity contribution is 5.64. The summed E-state index contributed by atoms with van der Waals surface area (Å²) in [7, 11) is 0. The summed E-state index contributed by atoms with van der Waals surface area (Å²) < 4.78 is 102. The highest BCUT2D eigenvalue weighted by Crippen LogP contribution is 2.38. The van der Waals surface area contributed by atoms with Gasteiger partial charge in [-0.15, -0.1) is 0 Å². The lowest BCUT2D eigenvalue weighted by Crippen LogP contribution is -2.15. The van der Waals surface area contributed by atoms with Crippen LogP contribution in [0.5, 0.6) is 11.5 Å². The van der Waals surface area contributed by atoms with Gasteiger partial charge < -0.3 is 14.6 Å². The summed E-state index contributed by atoms with van der Waals surface area (Å²) in [6.45, 7) is -1.06. The van der Waals surface area contributed by atoms with Crippen molar-refractivity contribution in [2.75, 3.05) is 13.2 Å². The molecule has 0 atom stereocenters. The second-order valence-corrected chi connectivity index (χ2v) is 6.22. The molecule has 1 aliphatic rings. The Morgan fingerprint density at radius 3 is 2.34 bits per heavy atom. The van der Waals surface area contributed by atoms with E-state index in [9.17, 15) is 30.7 Å². The van der Waals surface area contributed by atoms with Gasteiger partial charge in [-0.2, -0.15) is 26.3 Å². The summed E-state index contributed by atoms with van der Waals surface area (Å²) in [5.41, 5.74) is -2.97. The number of hydrogen-bond donors (Lipinski definition) is 1. The Bertz CT molecular complexity index is 946. The Balaban J connectivity index is 1.87. The van der Waals surface area contributed by atoms with Crippen molar-refractivity contribution in [1.29, 1.82) is 0 Å². The van der Waals surface area contributed by atoms with E-state index in [1.54, 1.807) is 0 Å². The van der Waals surface area contributed by atoms with E-state index in [4.69, 9.17) is 14.6 Å². The first kappa shape index (κ1) is 21.0. The molecule has 2 aromatic rings. The fraction of sp³-hybridized carbons (Fsp3) is 0.263. The second kappa shape index (κ2) is 7.58. The molecule has 2 aromatic carbocycles. The van der Waals surface area contributed by atoms with Crippen molar-refractivity contribution in [3.63, 3.8) is 0 Å². The summed E-state index contributed by atoms with van der Waals surface area (Å²) in [6.07, 6.45) is -8.58. The highest BCUT2D eigenvalue weighted by atomic mass is 19.4. The van der Waals surface area contributed by atoms with Gasteiger partial charge in [0.1, 0.15) is 30.5 Å². The molecule has 3 nitrogen and oxygen atoms in total. The standard InChI is InChI=1S/C19H13F7O3/c20-16-5-13(6-17-14(16)3-10(7-27)8-29-17)28-9-11-1-2-12(18(21,22)23)4-15(11)19(24,25)26/h1-6,27H,7-9H2. The van der Waals surface area contributed by atoms with Crippen LogP contribution in [0.1, 0.15) is 22.3 Å². The van der Waals surface area contributed by atoms with Crippen LogP contribution in [-0.4, -0.2) is 18.3 Å². The van der Waals surface area contributed by atoms with Gasteiger partial charge in [-0.05, 0) is 23.8 Å². The number of hydrogen-bond acceptors (Lipinski definition) is 3. The van der Waals surface area contributed by atoms with Gasteiger partial charge in [-0.3, -0.25) is 0 Å². The number of benzene rings is 2. The topological polar surface area (TPSA) is 38.7 Å². The lowest BCUT2D eigenvalue weighted by atomic mass is 10.0. The van der Waals surface area contributed by atoms with Gasteiger partial charge in [0.05, 0.1) is 23.3 Å². The molecule has 156 valence electrons. The summed E-state index contributed by atoms with van der Waals surface area (Å²) in [4.78, 5) is 0. The maximum absolute atomic E-state index is 14.2. The Morgan fingerprint density at radius 2 is 1.72 bits per heavy atom. The van der Waals surface area contributed by atoms with Crippen LogP contribution in [0.25, 0.3) is 6.08 Å². The number of fused-ring (bicyclic) bond motifs is 1. The van der Waals surface area contributed by atoms with E-state index in [1.165, 1.54) is 12.1 Å².